The molecule has 1 aromatic heterocycles. The number of likely N-dealkylation sites (tertiary alicyclic amines) is 1. The van der Waals surface area contributed by atoms with Gasteiger partial charge in [0.15, 0.2) is 0 Å². The quantitative estimate of drug-likeness (QED) is 0.632. The van der Waals surface area contributed by atoms with Crippen LogP contribution < -0.4 is 5.14 Å². The first-order valence-electron chi connectivity index (χ1n) is 9.00. The van der Waals surface area contributed by atoms with E-state index < -0.39 is 10.0 Å². The second kappa shape index (κ2) is 7.60. The maximum atomic E-state index is 13.1. The van der Waals surface area contributed by atoms with E-state index in [2.05, 4.69) is 9.97 Å². The summed E-state index contributed by atoms with van der Waals surface area (Å²) in [5, 5.41) is 5.16. The van der Waals surface area contributed by atoms with Crippen molar-refractivity contribution in [3.05, 3.63) is 57.8 Å². The van der Waals surface area contributed by atoms with Crippen LogP contribution >= 0.6 is 23.2 Å². The van der Waals surface area contributed by atoms with E-state index in [1.807, 2.05) is 24.3 Å². The number of imidazole rings is 1. The highest BCUT2D eigenvalue weighted by Gasteiger charge is 2.29. The Labute approximate surface area is 177 Å². The van der Waals surface area contributed by atoms with Crippen LogP contribution in [0.25, 0.3) is 11.0 Å². The van der Waals surface area contributed by atoms with Crippen LogP contribution in [-0.4, -0.2) is 42.3 Å². The lowest BCUT2D eigenvalue weighted by molar-refractivity contribution is 0.0705. The van der Waals surface area contributed by atoms with E-state index in [-0.39, 0.29) is 32.3 Å². The molecule has 1 amide bonds. The third kappa shape index (κ3) is 3.98. The number of para-hydroxylation sites is 2. The first-order valence-corrected chi connectivity index (χ1v) is 11.3. The lowest BCUT2D eigenvalue weighted by Crippen LogP contribution is -2.39. The number of nitrogens with one attached hydrogen (secondary N) is 1. The summed E-state index contributed by atoms with van der Waals surface area (Å²) < 4.78 is 23.5. The summed E-state index contributed by atoms with van der Waals surface area (Å²) in [7, 11) is -4.08. The maximum Gasteiger partial charge on any atom is 0.255 e. The van der Waals surface area contributed by atoms with Crippen molar-refractivity contribution >= 4 is 50.2 Å². The number of nitrogens with zero attached hydrogens (tertiary/aromatic N) is 2. The Bertz CT molecular complexity index is 1180. The van der Waals surface area contributed by atoms with Crippen molar-refractivity contribution in [2.24, 2.45) is 5.14 Å². The SMILES string of the molecule is NS(=O)(=O)c1cc(C(=O)N2CCCC(c3nc4ccccc4[nH]3)C2)c(Cl)cc1Cl. The van der Waals surface area contributed by atoms with Crippen molar-refractivity contribution in [1.82, 2.24) is 14.9 Å². The van der Waals surface area contributed by atoms with Gasteiger partial charge in [0, 0.05) is 19.0 Å². The molecule has 0 aliphatic carbocycles. The molecule has 1 aliphatic rings. The van der Waals surface area contributed by atoms with Gasteiger partial charge in [-0.2, -0.15) is 0 Å². The largest absolute Gasteiger partial charge is 0.342 e. The summed E-state index contributed by atoms with van der Waals surface area (Å²) in [6, 6.07) is 10.1. The molecule has 2 heterocycles. The molecule has 1 fully saturated rings. The summed E-state index contributed by atoms with van der Waals surface area (Å²) in [5.74, 6) is 0.511. The van der Waals surface area contributed by atoms with Crippen molar-refractivity contribution < 1.29 is 13.2 Å². The molecule has 0 spiro atoms. The van der Waals surface area contributed by atoms with Crippen molar-refractivity contribution in [2.45, 2.75) is 23.7 Å². The number of benzene rings is 2. The van der Waals surface area contributed by atoms with Gasteiger partial charge in [0.1, 0.15) is 10.7 Å². The molecule has 1 aliphatic heterocycles. The van der Waals surface area contributed by atoms with Crippen LogP contribution in [0.2, 0.25) is 10.0 Å². The number of sulfonamides is 1. The highest BCUT2D eigenvalue weighted by atomic mass is 35.5. The molecule has 3 aromatic rings. The molecule has 152 valence electrons. The van der Waals surface area contributed by atoms with Crippen LogP contribution in [0, 0.1) is 0 Å². The molecule has 0 bridgehead atoms. The van der Waals surface area contributed by atoms with Crippen LogP contribution in [0.15, 0.2) is 41.3 Å². The van der Waals surface area contributed by atoms with Crippen LogP contribution in [-0.2, 0) is 10.0 Å². The minimum absolute atomic E-state index is 0.0453. The molecular weight excluding hydrogens is 435 g/mol. The number of primary sulfonamides is 1. The molecule has 1 unspecified atom stereocenters. The molecule has 4 rings (SSSR count). The van der Waals surface area contributed by atoms with E-state index in [1.54, 1.807) is 4.90 Å². The van der Waals surface area contributed by atoms with Crippen molar-refractivity contribution in [3.63, 3.8) is 0 Å². The number of carbonyl (C=O) groups is 1. The van der Waals surface area contributed by atoms with Gasteiger partial charge in [0.05, 0.1) is 26.6 Å². The highest BCUT2D eigenvalue weighted by molar-refractivity contribution is 7.89. The molecule has 1 atom stereocenters. The molecule has 10 heteroatoms. The van der Waals surface area contributed by atoms with E-state index >= 15 is 0 Å². The lowest BCUT2D eigenvalue weighted by atomic mass is 9.96. The molecule has 1 saturated heterocycles. The first-order chi connectivity index (χ1) is 13.7. The number of hydrogen-bond donors (Lipinski definition) is 2. The van der Waals surface area contributed by atoms with E-state index in [4.69, 9.17) is 28.3 Å². The number of aromatic amines is 1. The summed E-state index contributed by atoms with van der Waals surface area (Å²) in [5.41, 5.74) is 1.89. The van der Waals surface area contributed by atoms with Gasteiger partial charge >= 0.3 is 0 Å². The molecular formula is C19H18Cl2N4O3S. The number of halogens is 2. The predicted molar refractivity (Wildman–Crippen MR) is 112 cm³/mol. The van der Waals surface area contributed by atoms with Crippen molar-refractivity contribution in [1.29, 1.82) is 0 Å². The van der Waals surface area contributed by atoms with Gasteiger partial charge in [0.2, 0.25) is 10.0 Å². The van der Waals surface area contributed by atoms with Gasteiger partial charge in [-0.15, -0.1) is 0 Å². The zero-order valence-corrected chi connectivity index (χ0v) is 17.6. The van der Waals surface area contributed by atoms with Crippen molar-refractivity contribution in [2.75, 3.05) is 13.1 Å². The minimum Gasteiger partial charge on any atom is -0.342 e. The number of rotatable bonds is 3. The maximum absolute atomic E-state index is 13.1. The number of amides is 1. The average molecular weight is 453 g/mol. The van der Waals surface area contributed by atoms with Gasteiger partial charge in [-0.25, -0.2) is 18.5 Å². The third-order valence-electron chi connectivity index (χ3n) is 5.06. The molecule has 29 heavy (non-hydrogen) atoms. The average Bonchev–Trinajstić information content (AvgIpc) is 3.11. The number of nitrogens with two attached hydrogens (primary N) is 1. The van der Waals surface area contributed by atoms with Gasteiger partial charge in [-0.05, 0) is 37.1 Å². The van der Waals surface area contributed by atoms with E-state index in [0.717, 1.165) is 35.8 Å². The van der Waals surface area contributed by atoms with Crippen LogP contribution in [0.4, 0.5) is 0 Å². The van der Waals surface area contributed by atoms with Crippen LogP contribution in [0.5, 0.6) is 0 Å². The number of H-pyrrole nitrogens is 1. The fourth-order valence-corrected chi connectivity index (χ4v) is 5.03. The molecule has 2 aromatic carbocycles. The van der Waals surface area contributed by atoms with Crippen LogP contribution in [0.3, 0.4) is 0 Å². The number of piperidine rings is 1. The molecule has 7 nitrogen and oxygen atoms in total. The smallest absolute Gasteiger partial charge is 0.255 e. The van der Waals surface area contributed by atoms with E-state index in [1.165, 1.54) is 6.07 Å². The topological polar surface area (TPSA) is 109 Å². The minimum atomic E-state index is -4.08. The second-order valence-corrected chi connectivity index (χ2v) is 9.38. The van der Waals surface area contributed by atoms with Crippen molar-refractivity contribution in [3.8, 4) is 0 Å². The van der Waals surface area contributed by atoms with Gasteiger partial charge in [-0.3, -0.25) is 4.79 Å². The number of aromatic nitrogens is 2. The lowest BCUT2D eigenvalue weighted by Gasteiger charge is -2.32. The Kier molecular flexibility index (Phi) is 5.29. The van der Waals surface area contributed by atoms with Crippen LogP contribution in [0.1, 0.15) is 34.9 Å². The Hall–Kier alpha value is -2.13. The van der Waals surface area contributed by atoms with E-state index in [9.17, 15) is 13.2 Å². The molecule has 0 saturated carbocycles. The monoisotopic (exact) mass is 452 g/mol. The summed E-state index contributed by atoms with van der Waals surface area (Å²) >= 11 is 12.1. The Morgan fingerprint density at radius 1 is 1.21 bits per heavy atom. The highest BCUT2D eigenvalue weighted by Crippen LogP contribution is 2.32. The summed E-state index contributed by atoms with van der Waals surface area (Å²) in [6.45, 7) is 0.988. The first kappa shape index (κ1) is 20.2. The summed E-state index contributed by atoms with van der Waals surface area (Å²) in [6.07, 6.45) is 1.68. The standard InChI is InChI=1S/C19H18Cl2N4O3S/c20-13-9-14(21)17(29(22,27)28)8-12(13)19(26)25-7-3-4-11(10-25)18-23-15-5-1-2-6-16(15)24-18/h1-2,5-6,8-9,11H,3-4,7,10H2,(H,23,24)(H2,22,27,28). The Morgan fingerprint density at radius 3 is 2.69 bits per heavy atom. The Morgan fingerprint density at radius 2 is 1.97 bits per heavy atom. The second-order valence-electron chi connectivity index (χ2n) is 7.04. The Balaban J connectivity index is 1.62. The zero-order chi connectivity index (χ0) is 20.8. The number of hydrogen-bond acceptors (Lipinski definition) is 4. The molecule has 3 N–H and O–H groups in total. The van der Waals surface area contributed by atoms with Gasteiger partial charge in [-0.1, -0.05) is 35.3 Å². The molecule has 0 radical (unpaired) electrons. The fourth-order valence-electron chi connectivity index (χ4n) is 3.63. The van der Waals surface area contributed by atoms with E-state index in [0.29, 0.717) is 13.1 Å². The fraction of sp³-hybridized carbons (Fsp3) is 0.263. The number of fused-ring (bicyclic) bond motifs is 1. The number of carbonyl (C=O) groups excluding carboxylic acids is 1. The van der Waals surface area contributed by atoms with Gasteiger partial charge < -0.3 is 9.88 Å². The zero-order valence-electron chi connectivity index (χ0n) is 15.2. The predicted octanol–water partition coefficient (Wildman–Crippen LogP) is 3.54. The normalized spacial score (nSPS) is 17.6. The van der Waals surface area contributed by atoms with Gasteiger partial charge in [0.25, 0.3) is 5.91 Å². The summed E-state index contributed by atoms with van der Waals surface area (Å²) in [4.78, 5) is 22.4. The third-order valence-corrected chi connectivity index (χ3v) is 6.75.